The third-order valence-electron chi connectivity index (χ3n) is 2.37. The van der Waals surface area contributed by atoms with E-state index in [-0.39, 0.29) is 0 Å². The van der Waals surface area contributed by atoms with Gasteiger partial charge in [0.2, 0.25) is 5.88 Å². The largest absolute Gasteiger partial charge is 0.438 e. The van der Waals surface area contributed by atoms with Crippen LogP contribution in [-0.4, -0.2) is 4.98 Å². The lowest BCUT2D eigenvalue weighted by Crippen LogP contribution is -1.92. The normalized spacial score (nSPS) is 10.2. The van der Waals surface area contributed by atoms with Crippen LogP contribution in [0.15, 0.2) is 36.5 Å². The lowest BCUT2D eigenvalue weighted by Gasteiger charge is -2.07. The highest BCUT2D eigenvalue weighted by Crippen LogP contribution is 2.28. The van der Waals surface area contributed by atoms with Crippen molar-refractivity contribution in [2.45, 2.75) is 13.3 Å². The number of ether oxygens (including phenoxy) is 1. The van der Waals surface area contributed by atoms with Gasteiger partial charge in [-0.15, -0.1) is 0 Å². The smallest absolute Gasteiger partial charge is 0.238 e. The molecule has 2 N–H and O–H groups in total. The molecule has 0 spiro atoms. The third-order valence-corrected chi connectivity index (χ3v) is 2.65. The number of hydrogen-bond acceptors (Lipinski definition) is 3. The van der Waals surface area contributed by atoms with Crippen molar-refractivity contribution in [1.82, 2.24) is 4.98 Å². The SMILES string of the molecule is CCc1ccc(Oc2ncc(N)cc2Cl)cc1. The molecule has 1 aromatic heterocycles. The van der Waals surface area contributed by atoms with E-state index in [4.69, 9.17) is 22.1 Å². The van der Waals surface area contributed by atoms with Crippen LogP contribution in [0.2, 0.25) is 5.02 Å². The van der Waals surface area contributed by atoms with Crippen molar-refractivity contribution in [1.29, 1.82) is 0 Å². The first-order valence-corrected chi connectivity index (χ1v) is 5.74. The molecule has 2 aromatic rings. The van der Waals surface area contributed by atoms with Gasteiger partial charge in [-0.25, -0.2) is 4.98 Å². The minimum Gasteiger partial charge on any atom is -0.438 e. The molecule has 0 amide bonds. The van der Waals surface area contributed by atoms with Crippen molar-refractivity contribution in [3.63, 3.8) is 0 Å². The Bertz CT molecular complexity index is 511. The maximum Gasteiger partial charge on any atom is 0.238 e. The highest BCUT2D eigenvalue weighted by Gasteiger charge is 2.05. The molecule has 0 aliphatic heterocycles. The molecule has 17 heavy (non-hydrogen) atoms. The second-order valence-electron chi connectivity index (χ2n) is 3.66. The lowest BCUT2D eigenvalue weighted by atomic mass is 10.2. The first kappa shape index (κ1) is 11.7. The quantitative estimate of drug-likeness (QED) is 0.902. The predicted molar refractivity (Wildman–Crippen MR) is 69.6 cm³/mol. The van der Waals surface area contributed by atoms with E-state index in [1.54, 1.807) is 6.07 Å². The van der Waals surface area contributed by atoms with Gasteiger partial charge in [-0.2, -0.15) is 0 Å². The molecule has 0 aliphatic carbocycles. The van der Waals surface area contributed by atoms with Gasteiger partial charge in [0.1, 0.15) is 10.8 Å². The molecule has 1 aromatic carbocycles. The zero-order valence-electron chi connectivity index (χ0n) is 9.48. The first-order valence-electron chi connectivity index (χ1n) is 5.37. The zero-order valence-corrected chi connectivity index (χ0v) is 10.2. The molecule has 1 heterocycles. The van der Waals surface area contributed by atoms with Gasteiger partial charge in [-0.1, -0.05) is 30.7 Å². The average Bonchev–Trinajstić information content (AvgIpc) is 2.34. The van der Waals surface area contributed by atoms with Crippen LogP contribution in [0.25, 0.3) is 0 Å². The maximum absolute atomic E-state index is 5.97. The molecule has 2 rings (SSSR count). The monoisotopic (exact) mass is 248 g/mol. The molecule has 0 bridgehead atoms. The molecule has 0 fully saturated rings. The van der Waals surface area contributed by atoms with Crippen molar-refractivity contribution in [3.05, 3.63) is 47.1 Å². The molecule has 88 valence electrons. The number of nitrogens with two attached hydrogens (primary N) is 1. The summed E-state index contributed by atoms with van der Waals surface area (Å²) in [5.74, 6) is 1.08. The van der Waals surface area contributed by atoms with Gasteiger partial charge in [-0.3, -0.25) is 0 Å². The Morgan fingerprint density at radius 2 is 2.00 bits per heavy atom. The summed E-state index contributed by atoms with van der Waals surface area (Å²) in [5, 5.41) is 0.407. The fourth-order valence-corrected chi connectivity index (χ4v) is 1.63. The summed E-state index contributed by atoms with van der Waals surface area (Å²) in [4.78, 5) is 4.04. The molecule has 0 aliphatic rings. The number of pyridine rings is 1. The standard InChI is InChI=1S/C13H13ClN2O/c1-2-9-3-5-11(6-4-9)17-13-12(14)7-10(15)8-16-13/h3-8H,2,15H2,1H3. The van der Waals surface area contributed by atoms with Crippen molar-refractivity contribution in [2.24, 2.45) is 0 Å². The lowest BCUT2D eigenvalue weighted by molar-refractivity contribution is 0.463. The van der Waals surface area contributed by atoms with Crippen molar-refractivity contribution < 1.29 is 4.74 Å². The molecule has 0 atom stereocenters. The zero-order chi connectivity index (χ0) is 12.3. The number of hydrogen-bond donors (Lipinski definition) is 1. The second kappa shape index (κ2) is 5.06. The second-order valence-corrected chi connectivity index (χ2v) is 4.06. The van der Waals surface area contributed by atoms with E-state index in [9.17, 15) is 0 Å². The number of benzene rings is 1. The van der Waals surface area contributed by atoms with E-state index >= 15 is 0 Å². The van der Waals surface area contributed by atoms with Crippen LogP contribution in [0.3, 0.4) is 0 Å². The Hall–Kier alpha value is -1.74. The highest BCUT2D eigenvalue weighted by atomic mass is 35.5. The molecule has 0 unspecified atom stereocenters. The van der Waals surface area contributed by atoms with Gasteiger partial charge < -0.3 is 10.5 Å². The van der Waals surface area contributed by atoms with Crippen LogP contribution in [0.1, 0.15) is 12.5 Å². The number of nitrogens with zero attached hydrogens (tertiary/aromatic N) is 1. The van der Waals surface area contributed by atoms with Crippen LogP contribution in [0, 0.1) is 0 Å². The Labute approximate surface area is 105 Å². The molecular formula is C13H13ClN2O. The summed E-state index contributed by atoms with van der Waals surface area (Å²) in [7, 11) is 0. The fraction of sp³-hybridized carbons (Fsp3) is 0.154. The molecule has 0 radical (unpaired) electrons. The Kier molecular flexibility index (Phi) is 3.49. The van der Waals surface area contributed by atoms with E-state index in [0.29, 0.717) is 22.3 Å². The van der Waals surface area contributed by atoms with Gasteiger partial charge in [-0.05, 0) is 30.2 Å². The molecule has 4 heteroatoms. The van der Waals surface area contributed by atoms with Gasteiger partial charge in [0.25, 0.3) is 0 Å². The van der Waals surface area contributed by atoms with Crippen LogP contribution >= 0.6 is 11.6 Å². The summed E-state index contributed by atoms with van der Waals surface area (Å²) in [6.45, 7) is 2.11. The Morgan fingerprint density at radius 1 is 1.29 bits per heavy atom. The minimum absolute atomic E-state index is 0.366. The molecule has 3 nitrogen and oxygen atoms in total. The van der Waals surface area contributed by atoms with Gasteiger partial charge in [0.05, 0.1) is 11.9 Å². The van der Waals surface area contributed by atoms with Crippen LogP contribution in [0.5, 0.6) is 11.6 Å². The Morgan fingerprint density at radius 3 is 2.59 bits per heavy atom. The predicted octanol–water partition coefficient (Wildman–Crippen LogP) is 3.67. The number of anilines is 1. The van der Waals surface area contributed by atoms with Crippen LogP contribution < -0.4 is 10.5 Å². The fourth-order valence-electron chi connectivity index (χ4n) is 1.42. The van der Waals surface area contributed by atoms with Gasteiger partial charge in [0, 0.05) is 0 Å². The van der Waals surface area contributed by atoms with Crippen molar-refractivity contribution in [3.8, 4) is 11.6 Å². The number of aromatic nitrogens is 1. The highest BCUT2D eigenvalue weighted by molar-refractivity contribution is 6.32. The first-order chi connectivity index (χ1) is 8.19. The maximum atomic E-state index is 5.97. The van der Waals surface area contributed by atoms with Gasteiger partial charge in [0.15, 0.2) is 0 Å². The van der Waals surface area contributed by atoms with E-state index in [1.165, 1.54) is 11.8 Å². The number of aryl methyl sites for hydroxylation is 1. The van der Waals surface area contributed by atoms with Crippen LogP contribution in [-0.2, 0) is 6.42 Å². The average molecular weight is 249 g/mol. The van der Waals surface area contributed by atoms with E-state index in [1.807, 2.05) is 24.3 Å². The Balaban J connectivity index is 2.19. The summed E-state index contributed by atoms with van der Waals surface area (Å²) in [6, 6.07) is 9.44. The topological polar surface area (TPSA) is 48.1 Å². The summed E-state index contributed by atoms with van der Waals surface area (Å²) in [5.41, 5.74) is 7.33. The molecule has 0 saturated heterocycles. The third kappa shape index (κ3) is 2.88. The van der Waals surface area contributed by atoms with E-state index in [0.717, 1.165) is 6.42 Å². The van der Waals surface area contributed by atoms with Crippen molar-refractivity contribution >= 4 is 17.3 Å². The minimum atomic E-state index is 0.366. The van der Waals surface area contributed by atoms with E-state index < -0.39 is 0 Å². The number of nitrogen functional groups attached to an aromatic ring is 1. The summed E-state index contributed by atoms with van der Waals surface area (Å²) < 4.78 is 5.57. The number of rotatable bonds is 3. The van der Waals surface area contributed by atoms with Gasteiger partial charge >= 0.3 is 0 Å². The van der Waals surface area contributed by atoms with Crippen LogP contribution in [0.4, 0.5) is 5.69 Å². The molecular weight excluding hydrogens is 236 g/mol. The molecule has 0 saturated carbocycles. The summed E-state index contributed by atoms with van der Waals surface area (Å²) in [6.07, 6.45) is 2.52. The van der Waals surface area contributed by atoms with Crippen molar-refractivity contribution in [2.75, 3.05) is 5.73 Å². The number of halogens is 1. The summed E-state index contributed by atoms with van der Waals surface area (Å²) >= 11 is 5.97. The van der Waals surface area contributed by atoms with E-state index in [2.05, 4.69) is 11.9 Å².